The molecule has 1 atom stereocenters. The summed E-state index contributed by atoms with van der Waals surface area (Å²) in [7, 11) is 0. The summed E-state index contributed by atoms with van der Waals surface area (Å²) in [5, 5.41) is 18.6. The average molecular weight is 273 g/mol. The standard InChI is InChI=1S/C9H19O.C6H10O3/c1-2-3-4-5-6-7-8-9-10;1-3-6(8)9-4-5(2)7/h2-9H2,1H3;3,5,7H,1,4H2,2H3. The molecule has 0 spiro atoms. The molecule has 1 radical (unpaired) electrons. The Morgan fingerprint density at radius 3 is 2.16 bits per heavy atom. The minimum atomic E-state index is -0.603. The minimum absolute atomic E-state index is 0.0326. The van der Waals surface area contributed by atoms with Gasteiger partial charge in [-0.1, -0.05) is 52.0 Å². The summed E-state index contributed by atoms with van der Waals surface area (Å²) in [4.78, 5) is 10.3. The van der Waals surface area contributed by atoms with Gasteiger partial charge in [-0.25, -0.2) is 9.90 Å². The fourth-order valence-corrected chi connectivity index (χ4v) is 1.32. The molecule has 0 fully saturated rings. The van der Waals surface area contributed by atoms with E-state index in [4.69, 9.17) is 5.11 Å². The van der Waals surface area contributed by atoms with Gasteiger partial charge < -0.3 is 9.84 Å². The Bertz CT molecular complexity index is 194. The second-order valence-corrected chi connectivity index (χ2v) is 4.51. The van der Waals surface area contributed by atoms with Crippen molar-refractivity contribution in [3.63, 3.8) is 0 Å². The van der Waals surface area contributed by atoms with Gasteiger partial charge in [-0.2, -0.15) is 0 Å². The van der Waals surface area contributed by atoms with Gasteiger partial charge >= 0.3 is 5.97 Å². The highest BCUT2D eigenvalue weighted by atomic mass is 16.5. The zero-order chi connectivity index (χ0) is 14.9. The number of aliphatic hydroxyl groups is 1. The highest BCUT2D eigenvalue weighted by molar-refractivity contribution is 5.81. The zero-order valence-electron chi connectivity index (χ0n) is 12.4. The molecule has 0 aliphatic heterocycles. The quantitative estimate of drug-likeness (QED) is 0.377. The van der Waals surface area contributed by atoms with Gasteiger partial charge in [0, 0.05) is 6.08 Å². The van der Waals surface area contributed by atoms with Gasteiger partial charge in [0.2, 0.25) is 0 Å². The maximum Gasteiger partial charge on any atom is 0.330 e. The van der Waals surface area contributed by atoms with Crippen LogP contribution in [0.3, 0.4) is 0 Å². The van der Waals surface area contributed by atoms with Crippen molar-refractivity contribution in [1.29, 1.82) is 0 Å². The van der Waals surface area contributed by atoms with E-state index in [9.17, 15) is 9.90 Å². The number of ether oxygens (including phenoxy) is 1. The first kappa shape index (κ1) is 20.4. The zero-order valence-corrected chi connectivity index (χ0v) is 12.4. The van der Waals surface area contributed by atoms with Gasteiger partial charge in [0.1, 0.15) is 6.61 Å². The lowest BCUT2D eigenvalue weighted by molar-refractivity contribution is -0.140. The molecule has 0 bridgehead atoms. The van der Waals surface area contributed by atoms with Crippen molar-refractivity contribution in [2.24, 2.45) is 0 Å². The van der Waals surface area contributed by atoms with Crippen LogP contribution >= 0.6 is 0 Å². The molecular weight excluding hydrogens is 244 g/mol. The molecule has 0 aliphatic rings. The van der Waals surface area contributed by atoms with Gasteiger partial charge in [-0.15, -0.1) is 0 Å². The van der Waals surface area contributed by atoms with Crippen LogP contribution in [0.25, 0.3) is 0 Å². The Labute approximate surface area is 117 Å². The predicted molar refractivity (Wildman–Crippen MR) is 76.4 cm³/mol. The van der Waals surface area contributed by atoms with E-state index < -0.39 is 12.1 Å². The number of carbonyl (C=O) groups is 1. The van der Waals surface area contributed by atoms with Crippen LogP contribution in [-0.2, 0) is 14.6 Å². The number of unbranched alkanes of at least 4 members (excludes halogenated alkanes) is 6. The molecule has 113 valence electrons. The maximum absolute atomic E-state index is 10.3. The third kappa shape index (κ3) is 22.7. The average Bonchev–Trinajstić information content (AvgIpc) is 2.40. The normalized spacial score (nSPS) is 11.2. The molecular formula is C15H29O4. The van der Waals surface area contributed by atoms with E-state index in [0.29, 0.717) is 0 Å². The van der Waals surface area contributed by atoms with Crippen molar-refractivity contribution in [1.82, 2.24) is 0 Å². The van der Waals surface area contributed by atoms with Gasteiger partial charge in [0.15, 0.2) is 0 Å². The number of aliphatic hydroxyl groups excluding tert-OH is 1. The van der Waals surface area contributed by atoms with Crippen LogP contribution in [0.4, 0.5) is 0 Å². The first-order valence-corrected chi connectivity index (χ1v) is 7.13. The fourth-order valence-electron chi connectivity index (χ4n) is 1.32. The third-order valence-corrected chi connectivity index (χ3v) is 2.38. The van der Waals surface area contributed by atoms with Crippen molar-refractivity contribution >= 4 is 5.97 Å². The lowest BCUT2D eigenvalue weighted by Gasteiger charge is -2.02. The smallest absolute Gasteiger partial charge is 0.330 e. The van der Waals surface area contributed by atoms with Gasteiger partial charge in [-0.05, 0) is 13.3 Å². The first-order valence-electron chi connectivity index (χ1n) is 7.13. The number of hydrogen-bond donors (Lipinski definition) is 1. The van der Waals surface area contributed by atoms with Crippen LogP contribution in [0, 0.1) is 0 Å². The van der Waals surface area contributed by atoms with Crippen LogP contribution in [0.2, 0.25) is 0 Å². The lowest BCUT2D eigenvalue weighted by Crippen LogP contribution is -2.13. The van der Waals surface area contributed by atoms with Crippen molar-refractivity contribution < 1.29 is 19.7 Å². The summed E-state index contributed by atoms with van der Waals surface area (Å²) in [5.41, 5.74) is 0. The molecule has 0 aliphatic carbocycles. The Balaban J connectivity index is 0. The number of rotatable bonds is 10. The molecule has 0 heterocycles. The Morgan fingerprint density at radius 2 is 1.74 bits per heavy atom. The van der Waals surface area contributed by atoms with E-state index in [-0.39, 0.29) is 13.2 Å². The van der Waals surface area contributed by atoms with E-state index >= 15 is 0 Å². The van der Waals surface area contributed by atoms with Crippen molar-refractivity contribution in [2.75, 3.05) is 13.2 Å². The Hall–Kier alpha value is -0.870. The molecule has 19 heavy (non-hydrogen) atoms. The van der Waals surface area contributed by atoms with Crippen LogP contribution in [-0.4, -0.2) is 30.4 Å². The fraction of sp³-hybridized carbons (Fsp3) is 0.800. The molecule has 0 saturated heterocycles. The summed E-state index contributed by atoms with van der Waals surface area (Å²) in [6, 6.07) is 0. The highest BCUT2D eigenvalue weighted by Crippen LogP contribution is 2.05. The number of esters is 1. The van der Waals surface area contributed by atoms with E-state index in [2.05, 4.69) is 18.2 Å². The van der Waals surface area contributed by atoms with Crippen LogP contribution < -0.4 is 0 Å². The maximum atomic E-state index is 10.3. The lowest BCUT2D eigenvalue weighted by atomic mass is 10.1. The topological polar surface area (TPSA) is 66.4 Å². The van der Waals surface area contributed by atoms with Crippen molar-refractivity contribution in [3.05, 3.63) is 12.7 Å². The van der Waals surface area contributed by atoms with Crippen LogP contribution in [0.1, 0.15) is 58.8 Å². The van der Waals surface area contributed by atoms with E-state index in [1.165, 1.54) is 39.0 Å². The molecule has 0 amide bonds. The first-order chi connectivity index (χ1) is 9.08. The summed E-state index contributed by atoms with van der Waals surface area (Å²) < 4.78 is 4.45. The van der Waals surface area contributed by atoms with E-state index in [0.717, 1.165) is 18.9 Å². The van der Waals surface area contributed by atoms with Crippen molar-refractivity contribution in [2.45, 2.75) is 64.9 Å². The minimum Gasteiger partial charge on any atom is -0.460 e. The number of carbonyl (C=O) groups excluding carboxylic acids is 1. The second kappa shape index (κ2) is 17.1. The molecule has 0 aromatic heterocycles. The van der Waals surface area contributed by atoms with Crippen molar-refractivity contribution in [3.8, 4) is 0 Å². The van der Waals surface area contributed by atoms with E-state index in [1.807, 2.05) is 0 Å². The van der Waals surface area contributed by atoms with Gasteiger partial charge in [0.25, 0.3) is 0 Å². The molecule has 0 aromatic carbocycles. The molecule has 0 rings (SSSR count). The molecule has 4 nitrogen and oxygen atoms in total. The molecule has 1 unspecified atom stereocenters. The SMILES string of the molecule is C=CC(=O)OCC(C)O.CCCCCCCCC[O]. The van der Waals surface area contributed by atoms with Crippen LogP contribution in [0.15, 0.2) is 12.7 Å². The molecule has 0 aromatic rings. The summed E-state index contributed by atoms with van der Waals surface area (Å²) in [5.74, 6) is -0.504. The van der Waals surface area contributed by atoms with E-state index in [1.54, 1.807) is 0 Å². The summed E-state index contributed by atoms with van der Waals surface area (Å²) >= 11 is 0. The monoisotopic (exact) mass is 273 g/mol. The largest absolute Gasteiger partial charge is 0.460 e. The van der Waals surface area contributed by atoms with Gasteiger partial charge in [-0.3, -0.25) is 0 Å². The molecule has 4 heteroatoms. The molecule has 1 N–H and O–H groups in total. The Morgan fingerprint density at radius 1 is 1.21 bits per heavy atom. The highest BCUT2D eigenvalue weighted by Gasteiger charge is 1.98. The Kier molecular flexibility index (Phi) is 18.4. The van der Waals surface area contributed by atoms with Crippen LogP contribution in [0.5, 0.6) is 0 Å². The third-order valence-electron chi connectivity index (χ3n) is 2.38. The summed E-state index contributed by atoms with van der Waals surface area (Å²) in [6.45, 7) is 7.09. The number of hydrogen-bond acceptors (Lipinski definition) is 3. The summed E-state index contributed by atoms with van der Waals surface area (Å²) in [6.07, 6.45) is 9.10. The van der Waals surface area contributed by atoms with Gasteiger partial charge in [0.05, 0.1) is 12.7 Å². The molecule has 0 saturated carbocycles. The predicted octanol–water partition coefficient (Wildman–Crippen LogP) is 3.26. The second-order valence-electron chi connectivity index (χ2n) is 4.51.